The Kier molecular flexibility index (Phi) is 21.6. The van der Waals surface area contributed by atoms with Crippen LogP contribution in [0.15, 0.2) is 77.9 Å². The third kappa shape index (κ3) is 17.7. The second-order valence-corrected chi connectivity index (χ2v) is 15.8. The first-order chi connectivity index (χ1) is 31.0. The molecule has 3 aromatic carbocycles. The van der Waals surface area contributed by atoms with Gasteiger partial charge in [-0.2, -0.15) is 12.6 Å². The van der Waals surface area contributed by atoms with Crippen LogP contribution in [0.25, 0.3) is 10.4 Å². The molecule has 0 saturated heterocycles. The summed E-state index contributed by atoms with van der Waals surface area (Å²) in [6.07, 6.45) is 0.798. The van der Waals surface area contributed by atoms with Crippen LogP contribution >= 0.6 is 12.6 Å². The molecule has 0 unspecified atom stereocenters. The quantitative estimate of drug-likeness (QED) is 0.0182. The maximum Gasteiger partial charge on any atom is 0.326 e. The van der Waals surface area contributed by atoms with Crippen molar-refractivity contribution in [2.24, 2.45) is 16.8 Å². The number of phenolic OH excluding ortho intramolecular Hbond substituents is 2. The van der Waals surface area contributed by atoms with Crippen molar-refractivity contribution < 1.29 is 48.9 Å². The first-order valence-corrected chi connectivity index (χ1v) is 21.6. The molecule has 0 spiro atoms. The number of amides is 6. The molecule has 0 radical (unpaired) electrons. The van der Waals surface area contributed by atoms with Gasteiger partial charge in [0.2, 0.25) is 35.4 Å². The van der Waals surface area contributed by atoms with Crippen LogP contribution in [0.1, 0.15) is 63.1 Å². The van der Waals surface area contributed by atoms with E-state index in [1.54, 1.807) is 38.1 Å². The standard InChI is InChI=1S/C44H58N10O10S/c1-4-25(2)38(52-42(61)37(24-65)47-26(3)55)43(62)50-35(22-28-10-16-31(56)17-11-28)40(59)48-33(7-5-6-20-45)39(58)49-34(21-27-8-14-30(15-9-27)53-54-46)41(60)51-36(44(63)64)23-29-12-18-32(57)19-13-29/h8-19,25,33-38,56-57,65H,4-7,20-24,45H2,1-3H3,(H,47,55)(H,48,59)(H,49,58)(H,50,62)(H,51,60)(H,52,61)(H,63,64)/t25-,33-,34-,35-,36-,37-,38-/m0/s1. The summed E-state index contributed by atoms with van der Waals surface area (Å²) < 4.78 is 0. The molecule has 20 nitrogen and oxygen atoms in total. The Labute approximate surface area is 381 Å². The minimum atomic E-state index is -1.46. The van der Waals surface area contributed by atoms with Crippen LogP contribution < -0.4 is 37.6 Å². The predicted octanol–water partition coefficient (Wildman–Crippen LogP) is 2.19. The van der Waals surface area contributed by atoms with Gasteiger partial charge in [-0.15, -0.1) is 0 Å². The highest BCUT2D eigenvalue weighted by atomic mass is 32.1. The van der Waals surface area contributed by atoms with Crippen LogP contribution in [-0.4, -0.2) is 105 Å². The Morgan fingerprint density at radius 2 is 1.08 bits per heavy atom. The van der Waals surface area contributed by atoms with Gasteiger partial charge in [0.1, 0.15) is 47.8 Å². The lowest BCUT2D eigenvalue weighted by Crippen LogP contribution is -2.61. The number of phenols is 2. The number of aromatic hydroxyl groups is 2. The number of nitrogens with two attached hydrogens (primary N) is 1. The van der Waals surface area contributed by atoms with Gasteiger partial charge in [0.15, 0.2) is 0 Å². The highest BCUT2D eigenvalue weighted by molar-refractivity contribution is 7.80. The second-order valence-electron chi connectivity index (χ2n) is 15.5. The van der Waals surface area contributed by atoms with E-state index in [9.17, 15) is 48.9 Å². The molecule has 0 aliphatic heterocycles. The van der Waals surface area contributed by atoms with E-state index in [-0.39, 0.29) is 55.2 Å². The number of carbonyl (C=O) groups excluding carboxylic acids is 6. The van der Waals surface area contributed by atoms with Crippen molar-refractivity contribution in [1.82, 2.24) is 31.9 Å². The van der Waals surface area contributed by atoms with Gasteiger partial charge in [-0.05, 0) is 78.2 Å². The first kappa shape index (κ1) is 52.5. The SMILES string of the molecule is CC[C@H](C)[C@H](NC(=O)[C@H](CS)NC(C)=O)C(=O)N[C@@H](Cc1ccc(O)cc1)C(=O)N[C@@H](CCCCN)C(=O)N[C@@H](Cc1ccc(N=[N+]=[N-])cc1)C(=O)N[C@@H](Cc1ccc(O)cc1)C(=O)O. The normalized spacial score (nSPS) is 14.0. The summed E-state index contributed by atoms with van der Waals surface area (Å²) in [6, 6.07) is 9.96. The van der Waals surface area contributed by atoms with Gasteiger partial charge < -0.3 is 53.0 Å². The fourth-order valence-electron chi connectivity index (χ4n) is 6.58. The van der Waals surface area contributed by atoms with E-state index in [1.165, 1.54) is 55.5 Å². The summed E-state index contributed by atoms with van der Waals surface area (Å²) >= 11 is 4.16. The monoisotopic (exact) mass is 918 g/mol. The Morgan fingerprint density at radius 1 is 0.646 bits per heavy atom. The number of unbranched alkanes of at least 4 members (excludes halogenated alkanes) is 1. The molecule has 0 aliphatic carbocycles. The number of nitrogens with one attached hydrogen (secondary N) is 6. The molecule has 6 amide bonds. The topological polar surface area (TPSA) is 327 Å². The third-order valence-corrected chi connectivity index (χ3v) is 10.8. The number of hydrogen-bond donors (Lipinski definition) is 11. The van der Waals surface area contributed by atoms with Crippen LogP contribution in [0.4, 0.5) is 5.69 Å². The predicted molar refractivity (Wildman–Crippen MR) is 244 cm³/mol. The molecular weight excluding hydrogens is 861 g/mol. The minimum Gasteiger partial charge on any atom is -0.508 e. The molecule has 0 saturated carbocycles. The Hall–Kier alpha value is -6.83. The van der Waals surface area contributed by atoms with Crippen molar-refractivity contribution in [2.75, 3.05) is 12.3 Å². The van der Waals surface area contributed by atoms with Gasteiger partial charge in [-0.1, -0.05) is 73.9 Å². The number of carboxylic acid groups (broad SMARTS) is 1. The van der Waals surface area contributed by atoms with E-state index in [0.717, 1.165) is 0 Å². The van der Waals surface area contributed by atoms with Crippen LogP contribution in [0.3, 0.4) is 0 Å². The van der Waals surface area contributed by atoms with Crippen LogP contribution in [-0.2, 0) is 52.8 Å². The van der Waals surface area contributed by atoms with Crippen LogP contribution in [0.2, 0.25) is 0 Å². The van der Waals surface area contributed by atoms with Crippen LogP contribution in [0, 0.1) is 5.92 Å². The summed E-state index contributed by atoms with van der Waals surface area (Å²) in [5, 5.41) is 49.0. The summed E-state index contributed by atoms with van der Waals surface area (Å²) in [4.78, 5) is 96.8. The van der Waals surface area contributed by atoms with Crippen LogP contribution in [0.5, 0.6) is 11.5 Å². The summed E-state index contributed by atoms with van der Waals surface area (Å²) in [5.74, 6) is -6.37. The molecule has 21 heteroatoms. The minimum absolute atomic E-state index is 0.0300. The zero-order valence-corrected chi connectivity index (χ0v) is 37.3. The van der Waals surface area contributed by atoms with Gasteiger partial charge in [-0.25, -0.2) is 4.79 Å². The van der Waals surface area contributed by atoms with Gasteiger partial charge in [0, 0.05) is 42.5 Å². The molecule has 11 N–H and O–H groups in total. The summed E-state index contributed by atoms with van der Waals surface area (Å²) in [5.41, 5.74) is 16.4. The van der Waals surface area contributed by atoms with Crippen molar-refractivity contribution in [1.29, 1.82) is 0 Å². The number of hydrogen-bond acceptors (Lipinski definition) is 12. The van der Waals surface area contributed by atoms with Gasteiger partial charge in [-0.3, -0.25) is 28.8 Å². The van der Waals surface area contributed by atoms with Gasteiger partial charge >= 0.3 is 5.97 Å². The van der Waals surface area contributed by atoms with Crippen molar-refractivity contribution >= 4 is 59.7 Å². The number of carboxylic acids is 1. The maximum atomic E-state index is 14.3. The molecule has 3 aromatic rings. The molecule has 350 valence electrons. The number of aliphatic carboxylic acids is 1. The lowest BCUT2D eigenvalue weighted by molar-refractivity contribution is -0.142. The fraction of sp³-hybridized carbons (Fsp3) is 0.432. The number of carbonyl (C=O) groups is 7. The lowest BCUT2D eigenvalue weighted by Gasteiger charge is -2.29. The van der Waals surface area contributed by atoms with Crippen molar-refractivity contribution in [3.8, 4) is 11.5 Å². The molecule has 65 heavy (non-hydrogen) atoms. The zero-order valence-electron chi connectivity index (χ0n) is 36.4. The van der Waals surface area contributed by atoms with Crippen molar-refractivity contribution in [3.63, 3.8) is 0 Å². The Bertz CT molecular complexity index is 2140. The van der Waals surface area contributed by atoms with Crippen molar-refractivity contribution in [2.45, 2.75) is 102 Å². The second kappa shape index (κ2) is 26.7. The smallest absolute Gasteiger partial charge is 0.326 e. The van der Waals surface area contributed by atoms with E-state index < -0.39 is 83.6 Å². The highest BCUT2D eigenvalue weighted by Gasteiger charge is 2.35. The van der Waals surface area contributed by atoms with E-state index in [4.69, 9.17) is 11.3 Å². The fourth-order valence-corrected chi connectivity index (χ4v) is 6.83. The largest absolute Gasteiger partial charge is 0.508 e. The molecule has 0 heterocycles. The van der Waals surface area contributed by atoms with Gasteiger partial charge in [0.25, 0.3) is 0 Å². The third-order valence-electron chi connectivity index (χ3n) is 10.4. The average molecular weight is 919 g/mol. The lowest BCUT2D eigenvalue weighted by atomic mass is 9.96. The van der Waals surface area contributed by atoms with Gasteiger partial charge in [0.05, 0.1) is 0 Å². The number of benzene rings is 3. The summed E-state index contributed by atoms with van der Waals surface area (Å²) in [6.45, 7) is 5.01. The zero-order chi connectivity index (χ0) is 48.1. The molecule has 7 atom stereocenters. The maximum absolute atomic E-state index is 14.3. The first-order valence-electron chi connectivity index (χ1n) is 21.0. The molecule has 3 rings (SSSR count). The average Bonchev–Trinajstić information content (AvgIpc) is 3.27. The Morgan fingerprint density at radius 3 is 1.52 bits per heavy atom. The molecule has 0 bridgehead atoms. The number of nitrogens with zero attached hydrogens (tertiary/aromatic N) is 3. The molecule has 0 aliphatic rings. The molecule has 0 aromatic heterocycles. The molecular formula is C44H58N10O10S. The van der Waals surface area contributed by atoms with E-state index in [0.29, 0.717) is 36.0 Å². The number of azide groups is 1. The number of rotatable bonds is 26. The highest BCUT2D eigenvalue weighted by Crippen LogP contribution is 2.17. The van der Waals surface area contributed by atoms with Crippen molar-refractivity contribution in [3.05, 3.63) is 99.9 Å². The molecule has 0 fully saturated rings. The van der Waals surface area contributed by atoms with E-state index in [1.807, 2.05) is 0 Å². The Balaban J connectivity index is 1.98. The number of thiol groups is 1. The van der Waals surface area contributed by atoms with E-state index in [2.05, 4.69) is 54.6 Å². The summed E-state index contributed by atoms with van der Waals surface area (Å²) in [7, 11) is 0. The van der Waals surface area contributed by atoms with E-state index >= 15 is 0 Å².